The number of carbonyl (C=O) groups is 1. The van der Waals surface area contributed by atoms with Gasteiger partial charge >= 0.3 is 45.6 Å². The van der Waals surface area contributed by atoms with Crippen molar-refractivity contribution in [3.8, 4) is 0 Å². The summed E-state index contributed by atoms with van der Waals surface area (Å²) in [6.07, 6.45) is 0.799. The van der Waals surface area contributed by atoms with E-state index < -0.39 is 16.1 Å². The monoisotopic (exact) mass is 188 g/mol. The van der Waals surface area contributed by atoms with Gasteiger partial charge < -0.3 is 4.18 Å². The summed E-state index contributed by atoms with van der Waals surface area (Å²) < 4.78 is 24.5. The molecule has 0 heterocycles. The van der Waals surface area contributed by atoms with Crippen LogP contribution in [0.1, 0.15) is 6.92 Å². The molecule has 6 heteroatoms. The molecule has 0 aromatic heterocycles. The van der Waals surface area contributed by atoms with Crippen LogP contribution >= 0.6 is 0 Å². The average Bonchev–Trinajstić information content (AvgIpc) is 1.60. The summed E-state index contributed by atoms with van der Waals surface area (Å²) in [5, 5.41) is 0. The zero-order valence-electron chi connectivity index (χ0n) is 5.75. The van der Waals surface area contributed by atoms with Gasteiger partial charge in [0.15, 0.2) is 0 Å². The van der Waals surface area contributed by atoms with Crippen LogP contribution in [-0.2, 0) is 19.1 Å². The summed E-state index contributed by atoms with van der Waals surface area (Å²) in [4.78, 5) is 10.5. The summed E-state index contributed by atoms with van der Waals surface area (Å²) in [6, 6.07) is 0. The van der Waals surface area contributed by atoms with Gasteiger partial charge in [-0.15, -0.1) is 0 Å². The molecule has 0 N–H and O–H groups in total. The normalized spacial score (nSPS) is 9.64. The summed E-state index contributed by atoms with van der Waals surface area (Å²) in [7, 11) is -3.68. The predicted octanol–water partition coefficient (Wildman–Crippen LogP) is -0.583. The second-order valence-corrected chi connectivity index (χ2v) is 3.43. The van der Waals surface area contributed by atoms with E-state index in [1.165, 1.54) is 6.92 Å². The van der Waals surface area contributed by atoms with Gasteiger partial charge in [-0.05, 0) is 6.92 Å². The molecule has 0 aliphatic heterocycles. The average molecular weight is 188 g/mol. The van der Waals surface area contributed by atoms with Crippen LogP contribution in [-0.4, -0.2) is 50.2 Å². The first kappa shape index (κ1) is 13.7. The molecule has 0 saturated carbocycles. The maximum atomic E-state index is 10.5. The van der Waals surface area contributed by atoms with Crippen LogP contribution in [0.5, 0.6) is 0 Å². The van der Waals surface area contributed by atoms with Gasteiger partial charge in [0, 0.05) is 5.57 Å². The third-order valence-electron chi connectivity index (χ3n) is 0.576. The minimum atomic E-state index is -3.68. The number of hydrogen-bond acceptors (Lipinski definition) is 4. The molecule has 0 aliphatic carbocycles. The van der Waals surface area contributed by atoms with E-state index in [0.717, 1.165) is 6.26 Å². The standard InChI is InChI=1S/C5H8O4S.Na.H/c1-4(2)5(6)9-10(3,7)8;;/h1H2,2-3H3;;. The molecular weight excluding hydrogens is 179 g/mol. The van der Waals surface area contributed by atoms with Crippen molar-refractivity contribution < 1.29 is 17.4 Å². The molecule has 0 radical (unpaired) electrons. The Morgan fingerprint density at radius 2 is 1.82 bits per heavy atom. The molecule has 0 spiro atoms. The molecule has 0 amide bonds. The number of hydrogen-bond donors (Lipinski definition) is 0. The Kier molecular flexibility index (Phi) is 6.14. The Hall–Kier alpha value is 0.160. The molecule has 4 nitrogen and oxygen atoms in total. The second-order valence-electron chi connectivity index (χ2n) is 1.86. The first-order valence-corrected chi connectivity index (χ1v) is 4.24. The molecule has 11 heavy (non-hydrogen) atoms. The van der Waals surface area contributed by atoms with Crippen LogP contribution < -0.4 is 0 Å². The molecule has 0 bridgehead atoms. The van der Waals surface area contributed by atoms with Gasteiger partial charge in [-0.3, -0.25) is 0 Å². The summed E-state index contributed by atoms with van der Waals surface area (Å²) in [5.41, 5.74) is 0.0606. The Bertz CT molecular complexity index is 254. The summed E-state index contributed by atoms with van der Waals surface area (Å²) in [5.74, 6) is -0.914. The van der Waals surface area contributed by atoms with Crippen molar-refractivity contribution in [2.45, 2.75) is 6.92 Å². The van der Waals surface area contributed by atoms with E-state index in [2.05, 4.69) is 10.8 Å². The van der Waals surface area contributed by atoms with Crippen LogP contribution in [0.3, 0.4) is 0 Å². The van der Waals surface area contributed by atoms with Crippen molar-refractivity contribution in [1.29, 1.82) is 0 Å². The summed E-state index contributed by atoms with van der Waals surface area (Å²) in [6.45, 7) is 4.57. The van der Waals surface area contributed by atoms with E-state index in [4.69, 9.17) is 0 Å². The van der Waals surface area contributed by atoms with Crippen LogP contribution in [0.2, 0.25) is 0 Å². The summed E-state index contributed by atoms with van der Waals surface area (Å²) >= 11 is 0. The fourth-order valence-electron chi connectivity index (χ4n) is 0.209. The van der Waals surface area contributed by atoms with Crippen molar-refractivity contribution in [3.63, 3.8) is 0 Å². The van der Waals surface area contributed by atoms with E-state index >= 15 is 0 Å². The fourth-order valence-corrected chi connectivity index (χ4v) is 0.626. The van der Waals surface area contributed by atoms with Crippen molar-refractivity contribution in [1.82, 2.24) is 0 Å². The molecule has 0 fully saturated rings. The van der Waals surface area contributed by atoms with Gasteiger partial charge in [0.2, 0.25) is 0 Å². The molecular formula is C5H9NaO4S. The van der Waals surface area contributed by atoms with Crippen molar-refractivity contribution >= 4 is 45.6 Å². The number of carbonyl (C=O) groups excluding carboxylic acids is 1. The van der Waals surface area contributed by atoms with Gasteiger partial charge in [-0.1, -0.05) is 6.58 Å². The number of rotatable bonds is 2. The molecule has 0 aliphatic rings. The molecule has 60 valence electrons. The van der Waals surface area contributed by atoms with Gasteiger partial charge in [-0.2, -0.15) is 8.42 Å². The van der Waals surface area contributed by atoms with E-state index in [1.54, 1.807) is 0 Å². The third kappa shape index (κ3) is 8.06. The van der Waals surface area contributed by atoms with E-state index in [9.17, 15) is 13.2 Å². The first-order valence-electron chi connectivity index (χ1n) is 2.42. The van der Waals surface area contributed by atoms with Crippen LogP contribution in [0, 0.1) is 0 Å². The van der Waals surface area contributed by atoms with Gasteiger partial charge in [0.25, 0.3) is 0 Å². The van der Waals surface area contributed by atoms with Gasteiger partial charge in [0.05, 0.1) is 6.26 Å². The van der Waals surface area contributed by atoms with Gasteiger partial charge in [0.1, 0.15) is 0 Å². The van der Waals surface area contributed by atoms with Crippen molar-refractivity contribution in [3.05, 3.63) is 12.2 Å². The molecule has 0 atom stereocenters. The topological polar surface area (TPSA) is 60.4 Å². The molecule has 0 saturated heterocycles. The van der Waals surface area contributed by atoms with Gasteiger partial charge in [-0.25, -0.2) is 4.79 Å². The zero-order valence-corrected chi connectivity index (χ0v) is 6.56. The predicted molar refractivity (Wildman–Crippen MR) is 42.9 cm³/mol. The van der Waals surface area contributed by atoms with Crippen LogP contribution in [0.4, 0.5) is 0 Å². The molecule has 0 rings (SSSR count). The van der Waals surface area contributed by atoms with Crippen molar-refractivity contribution in [2.24, 2.45) is 0 Å². The Balaban J connectivity index is 0. The zero-order chi connectivity index (χ0) is 8.36. The SMILES string of the molecule is C=C(C)C(=O)OS(C)(=O)=O.[NaH]. The molecule has 0 aromatic carbocycles. The van der Waals surface area contributed by atoms with E-state index in [-0.39, 0.29) is 35.1 Å². The molecule has 0 unspecified atom stereocenters. The first-order chi connectivity index (χ1) is 4.33. The Morgan fingerprint density at radius 3 is 1.91 bits per heavy atom. The molecule has 0 aromatic rings. The van der Waals surface area contributed by atoms with Crippen molar-refractivity contribution in [2.75, 3.05) is 6.26 Å². The van der Waals surface area contributed by atoms with E-state index in [0.29, 0.717) is 0 Å². The quantitative estimate of drug-likeness (QED) is 0.330. The minimum absolute atomic E-state index is 0. The maximum absolute atomic E-state index is 10.5. The fraction of sp³-hybridized carbons (Fsp3) is 0.400. The van der Waals surface area contributed by atoms with E-state index in [1.807, 2.05) is 0 Å². The van der Waals surface area contributed by atoms with Crippen LogP contribution in [0.25, 0.3) is 0 Å². The second kappa shape index (κ2) is 4.92. The van der Waals surface area contributed by atoms with Crippen LogP contribution in [0.15, 0.2) is 12.2 Å². The Labute approximate surface area is 88.0 Å². The Morgan fingerprint density at radius 1 is 1.45 bits per heavy atom. The third-order valence-corrected chi connectivity index (χ3v) is 1.03.